The Bertz CT molecular complexity index is 1690. The summed E-state index contributed by atoms with van der Waals surface area (Å²) < 4.78 is 5.84. The minimum atomic E-state index is -0.463. The van der Waals surface area contributed by atoms with Crippen LogP contribution in [0.1, 0.15) is 16.9 Å². The number of nitro benzene ring substituents is 1. The molecule has 0 atom stereocenters. The topological polar surface area (TPSA) is 143 Å². The number of nitrogens with one attached hydrogen (secondary N) is 3. The van der Waals surface area contributed by atoms with E-state index in [1.165, 1.54) is 18.3 Å². The van der Waals surface area contributed by atoms with Gasteiger partial charge in [0, 0.05) is 34.1 Å². The first-order chi connectivity index (χ1) is 19.3. The quantitative estimate of drug-likeness (QED) is 0.0974. The zero-order valence-corrected chi connectivity index (χ0v) is 22.2. The lowest BCUT2D eigenvalue weighted by Gasteiger charge is -2.11. The molecule has 0 amide bonds. The number of aromatic nitrogens is 3. The first-order valence-electron chi connectivity index (χ1n) is 12.1. The maximum absolute atomic E-state index is 11.0. The number of non-ortho nitro benzene ring substituents is 1. The summed E-state index contributed by atoms with van der Waals surface area (Å²) >= 11 is 5.96. The van der Waals surface area contributed by atoms with Gasteiger partial charge in [-0.2, -0.15) is 20.1 Å². The van der Waals surface area contributed by atoms with Crippen molar-refractivity contribution in [2.45, 2.75) is 13.8 Å². The average molecular weight is 555 g/mol. The molecule has 0 spiro atoms. The lowest BCUT2D eigenvalue weighted by atomic mass is 10.1. The van der Waals surface area contributed by atoms with Crippen molar-refractivity contribution in [3.05, 3.63) is 111 Å². The van der Waals surface area contributed by atoms with Crippen LogP contribution in [0, 0.1) is 24.0 Å². The molecule has 2 aromatic heterocycles. The Kier molecular flexibility index (Phi) is 7.65. The summed E-state index contributed by atoms with van der Waals surface area (Å²) in [6.07, 6.45) is 1.50. The third-order valence-electron chi connectivity index (χ3n) is 5.84. The fourth-order valence-corrected chi connectivity index (χ4v) is 3.75. The number of aryl methyl sites for hydroxylation is 2. The molecule has 0 unspecified atom stereocenters. The van der Waals surface area contributed by atoms with Gasteiger partial charge in [0.2, 0.25) is 17.8 Å². The Hall–Kier alpha value is -5.29. The number of rotatable bonds is 9. The van der Waals surface area contributed by atoms with E-state index in [9.17, 15) is 10.1 Å². The van der Waals surface area contributed by atoms with Crippen molar-refractivity contribution in [3.8, 4) is 11.3 Å². The minimum Gasteiger partial charge on any atom is -0.455 e. The summed E-state index contributed by atoms with van der Waals surface area (Å²) in [5.41, 5.74) is 7.31. The van der Waals surface area contributed by atoms with Crippen LogP contribution in [0.15, 0.2) is 88.4 Å². The molecule has 0 aliphatic carbocycles. The lowest BCUT2D eigenvalue weighted by Crippen LogP contribution is -2.07. The number of furan rings is 1. The molecule has 0 saturated carbocycles. The van der Waals surface area contributed by atoms with Crippen LogP contribution in [0.3, 0.4) is 0 Å². The summed E-state index contributed by atoms with van der Waals surface area (Å²) in [5, 5.41) is 22.1. The molecule has 11 nitrogen and oxygen atoms in total. The van der Waals surface area contributed by atoms with Gasteiger partial charge in [0.05, 0.1) is 11.1 Å². The van der Waals surface area contributed by atoms with Crippen molar-refractivity contribution in [1.29, 1.82) is 0 Å². The molecule has 0 aliphatic rings. The van der Waals surface area contributed by atoms with Gasteiger partial charge in [0.1, 0.15) is 11.5 Å². The molecule has 0 radical (unpaired) electrons. The first-order valence-corrected chi connectivity index (χ1v) is 12.5. The van der Waals surface area contributed by atoms with Crippen LogP contribution in [0.2, 0.25) is 5.02 Å². The summed E-state index contributed by atoms with van der Waals surface area (Å²) in [5.74, 6) is 1.82. The van der Waals surface area contributed by atoms with E-state index in [0.717, 1.165) is 22.4 Å². The van der Waals surface area contributed by atoms with E-state index in [1.54, 1.807) is 30.3 Å². The largest absolute Gasteiger partial charge is 0.455 e. The Balaban J connectivity index is 1.36. The predicted molar refractivity (Wildman–Crippen MR) is 156 cm³/mol. The second-order valence-corrected chi connectivity index (χ2v) is 9.17. The Morgan fingerprint density at radius 1 is 0.825 bits per heavy atom. The van der Waals surface area contributed by atoms with Gasteiger partial charge in [-0.05, 0) is 85.6 Å². The molecule has 200 valence electrons. The van der Waals surface area contributed by atoms with Gasteiger partial charge in [0.25, 0.3) is 5.69 Å². The Labute approximate surface area is 234 Å². The van der Waals surface area contributed by atoms with Gasteiger partial charge in [-0.15, -0.1) is 0 Å². The number of anilines is 5. The molecule has 40 heavy (non-hydrogen) atoms. The van der Waals surface area contributed by atoms with Gasteiger partial charge in [-0.25, -0.2) is 5.43 Å². The van der Waals surface area contributed by atoms with Crippen LogP contribution < -0.4 is 16.1 Å². The molecule has 3 N–H and O–H groups in total. The molecule has 0 saturated heterocycles. The second-order valence-electron chi connectivity index (χ2n) is 8.74. The van der Waals surface area contributed by atoms with Crippen molar-refractivity contribution >= 4 is 52.7 Å². The van der Waals surface area contributed by atoms with E-state index in [2.05, 4.69) is 36.1 Å². The van der Waals surface area contributed by atoms with Crippen molar-refractivity contribution in [1.82, 2.24) is 15.0 Å². The standard InChI is InChI=1S/C28H23ClN8O3/c1-17-3-8-22(15-18(17)2)32-27-33-26(31-21-9-11-23(12-10-21)37(38)39)34-28(35-27)36-30-16-24-13-14-25(40-24)19-4-6-20(29)7-5-19/h3-16H,1-2H3,(H3,31,32,33,34,35,36). The molecule has 0 bridgehead atoms. The second kappa shape index (κ2) is 11.6. The molecule has 0 aliphatic heterocycles. The summed E-state index contributed by atoms with van der Waals surface area (Å²) in [6, 6.07) is 22.8. The number of hydrogen-bond acceptors (Lipinski definition) is 10. The third kappa shape index (κ3) is 6.58. The smallest absolute Gasteiger partial charge is 0.269 e. The average Bonchev–Trinajstić information content (AvgIpc) is 3.40. The predicted octanol–water partition coefficient (Wildman–Crippen LogP) is 7.24. The van der Waals surface area contributed by atoms with Gasteiger partial charge < -0.3 is 15.1 Å². The first kappa shape index (κ1) is 26.3. The number of halogens is 1. The van der Waals surface area contributed by atoms with E-state index >= 15 is 0 Å². The van der Waals surface area contributed by atoms with Gasteiger partial charge >= 0.3 is 0 Å². The number of nitro groups is 1. The lowest BCUT2D eigenvalue weighted by molar-refractivity contribution is -0.384. The summed E-state index contributed by atoms with van der Waals surface area (Å²) in [6.45, 7) is 4.05. The molecule has 12 heteroatoms. The van der Waals surface area contributed by atoms with Crippen LogP contribution in [-0.2, 0) is 0 Å². The number of hydrazone groups is 1. The molecule has 5 aromatic rings. The fourth-order valence-electron chi connectivity index (χ4n) is 3.63. The Morgan fingerprint density at radius 3 is 2.15 bits per heavy atom. The normalized spacial score (nSPS) is 11.0. The molecule has 2 heterocycles. The monoisotopic (exact) mass is 554 g/mol. The maximum Gasteiger partial charge on any atom is 0.269 e. The van der Waals surface area contributed by atoms with Crippen molar-refractivity contribution in [3.63, 3.8) is 0 Å². The van der Waals surface area contributed by atoms with E-state index in [1.807, 2.05) is 50.2 Å². The van der Waals surface area contributed by atoms with Crippen LogP contribution in [-0.4, -0.2) is 26.1 Å². The van der Waals surface area contributed by atoms with Gasteiger partial charge in [-0.3, -0.25) is 10.1 Å². The van der Waals surface area contributed by atoms with E-state index in [0.29, 0.717) is 22.2 Å². The molecular weight excluding hydrogens is 532 g/mol. The maximum atomic E-state index is 11.0. The van der Waals surface area contributed by atoms with Crippen molar-refractivity contribution < 1.29 is 9.34 Å². The zero-order valence-electron chi connectivity index (χ0n) is 21.4. The highest BCUT2D eigenvalue weighted by molar-refractivity contribution is 6.30. The highest BCUT2D eigenvalue weighted by atomic mass is 35.5. The molecule has 5 rings (SSSR count). The van der Waals surface area contributed by atoms with Crippen molar-refractivity contribution in [2.75, 3.05) is 16.1 Å². The Morgan fingerprint density at radius 2 is 1.48 bits per heavy atom. The van der Waals surface area contributed by atoms with Crippen LogP contribution in [0.5, 0.6) is 0 Å². The third-order valence-corrected chi connectivity index (χ3v) is 6.10. The van der Waals surface area contributed by atoms with Crippen LogP contribution >= 0.6 is 11.6 Å². The highest BCUT2D eigenvalue weighted by Gasteiger charge is 2.10. The molecule has 3 aromatic carbocycles. The number of nitrogens with zero attached hydrogens (tertiary/aromatic N) is 5. The van der Waals surface area contributed by atoms with E-state index in [4.69, 9.17) is 16.0 Å². The van der Waals surface area contributed by atoms with Crippen LogP contribution in [0.25, 0.3) is 11.3 Å². The highest BCUT2D eigenvalue weighted by Crippen LogP contribution is 2.24. The molecular formula is C28H23ClN8O3. The zero-order chi connectivity index (χ0) is 28.1. The number of hydrogen-bond donors (Lipinski definition) is 3. The van der Waals surface area contributed by atoms with Crippen LogP contribution in [0.4, 0.5) is 34.9 Å². The van der Waals surface area contributed by atoms with Gasteiger partial charge in [-0.1, -0.05) is 17.7 Å². The van der Waals surface area contributed by atoms with Crippen molar-refractivity contribution in [2.24, 2.45) is 5.10 Å². The minimum absolute atomic E-state index is 0.0212. The van der Waals surface area contributed by atoms with E-state index in [-0.39, 0.29) is 23.5 Å². The summed E-state index contributed by atoms with van der Waals surface area (Å²) in [7, 11) is 0. The fraction of sp³-hybridized carbons (Fsp3) is 0.0714. The number of benzene rings is 3. The van der Waals surface area contributed by atoms with Gasteiger partial charge in [0.15, 0.2) is 0 Å². The SMILES string of the molecule is Cc1ccc(Nc2nc(NN=Cc3ccc(-c4ccc(Cl)cc4)o3)nc(Nc3ccc([N+](=O)[O-])cc3)n2)cc1C. The summed E-state index contributed by atoms with van der Waals surface area (Å²) in [4.78, 5) is 23.8. The van der Waals surface area contributed by atoms with E-state index < -0.39 is 4.92 Å². The molecule has 0 fully saturated rings.